The zero-order chi connectivity index (χ0) is 14.2. The molecule has 20 heavy (non-hydrogen) atoms. The van der Waals surface area contributed by atoms with Gasteiger partial charge in [0.15, 0.2) is 11.0 Å². The number of ether oxygens (including phenoxy) is 1. The van der Waals surface area contributed by atoms with Crippen molar-refractivity contribution in [3.05, 3.63) is 29.4 Å². The molecule has 6 heteroatoms. The summed E-state index contributed by atoms with van der Waals surface area (Å²) in [5.74, 6) is 0.623. The Bertz CT molecular complexity index is 637. The lowest BCUT2D eigenvalue weighted by molar-refractivity contribution is -0.0176. The predicted molar refractivity (Wildman–Crippen MR) is 78.0 cm³/mol. The lowest BCUT2D eigenvalue weighted by atomic mass is 9.97. The van der Waals surface area contributed by atoms with Crippen LogP contribution in [0.5, 0.6) is 0 Å². The Morgan fingerprint density at radius 1 is 1.40 bits per heavy atom. The Hall–Kier alpha value is -1.43. The van der Waals surface area contributed by atoms with Gasteiger partial charge in [-0.3, -0.25) is 0 Å². The molecule has 0 spiro atoms. The topological polar surface area (TPSA) is 67.3 Å². The van der Waals surface area contributed by atoms with Crippen LogP contribution in [0.25, 0.3) is 10.8 Å². The van der Waals surface area contributed by atoms with E-state index in [9.17, 15) is 5.11 Å². The van der Waals surface area contributed by atoms with Gasteiger partial charge in [0.1, 0.15) is 5.60 Å². The van der Waals surface area contributed by atoms with Gasteiger partial charge in [-0.25, -0.2) is 0 Å². The zero-order valence-corrected chi connectivity index (χ0v) is 11.9. The van der Waals surface area contributed by atoms with Crippen molar-refractivity contribution in [2.75, 3.05) is 18.5 Å². The lowest BCUT2D eigenvalue weighted by Crippen LogP contribution is -2.43. The van der Waals surface area contributed by atoms with Crippen LogP contribution in [0.2, 0.25) is 5.15 Å². The van der Waals surface area contributed by atoms with E-state index in [1.54, 1.807) is 0 Å². The van der Waals surface area contributed by atoms with Gasteiger partial charge in [-0.2, -0.15) is 0 Å². The molecule has 1 fully saturated rings. The Morgan fingerprint density at radius 3 is 2.85 bits per heavy atom. The van der Waals surface area contributed by atoms with Crippen molar-refractivity contribution >= 4 is 28.2 Å². The molecule has 5 nitrogen and oxygen atoms in total. The van der Waals surface area contributed by atoms with Gasteiger partial charge in [0, 0.05) is 30.3 Å². The molecule has 1 aromatic carbocycles. The van der Waals surface area contributed by atoms with E-state index in [-0.39, 0.29) is 6.10 Å². The fourth-order valence-corrected chi connectivity index (χ4v) is 2.64. The highest BCUT2D eigenvalue weighted by Gasteiger charge is 2.39. The van der Waals surface area contributed by atoms with E-state index in [2.05, 4.69) is 15.5 Å². The molecule has 2 aromatic rings. The first-order valence-corrected chi connectivity index (χ1v) is 6.97. The minimum absolute atomic E-state index is 0.193. The summed E-state index contributed by atoms with van der Waals surface area (Å²) in [6.45, 7) is 2.82. The van der Waals surface area contributed by atoms with Gasteiger partial charge in [-0.05, 0) is 6.92 Å². The molecule has 0 aliphatic carbocycles. The minimum Gasteiger partial charge on any atom is -0.385 e. The second-order valence-corrected chi connectivity index (χ2v) is 5.46. The van der Waals surface area contributed by atoms with Gasteiger partial charge < -0.3 is 15.2 Å². The van der Waals surface area contributed by atoms with E-state index < -0.39 is 5.60 Å². The van der Waals surface area contributed by atoms with Crippen molar-refractivity contribution in [1.82, 2.24) is 10.2 Å². The predicted octanol–water partition coefficient (Wildman–Crippen LogP) is 2.24. The summed E-state index contributed by atoms with van der Waals surface area (Å²) in [6, 6.07) is 7.64. The lowest BCUT2D eigenvalue weighted by Gasteiger charge is -2.26. The van der Waals surface area contributed by atoms with Crippen molar-refractivity contribution in [2.45, 2.75) is 25.0 Å². The number of aliphatic hydroxyl groups is 1. The van der Waals surface area contributed by atoms with Gasteiger partial charge >= 0.3 is 0 Å². The number of fused-ring (bicyclic) bond motifs is 1. The number of rotatable bonds is 3. The molecule has 2 N–H and O–H groups in total. The molecule has 3 rings (SSSR count). The van der Waals surface area contributed by atoms with E-state index in [1.807, 2.05) is 31.2 Å². The molecule has 0 amide bonds. The number of aromatic nitrogens is 2. The summed E-state index contributed by atoms with van der Waals surface area (Å²) in [6.07, 6.45) is 0.418. The van der Waals surface area contributed by atoms with Crippen LogP contribution in [0, 0.1) is 0 Å². The second kappa shape index (κ2) is 5.16. The van der Waals surface area contributed by atoms with Crippen LogP contribution in [-0.2, 0) is 4.74 Å². The summed E-state index contributed by atoms with van der Waals surface area (Å²) in [7, 11) is 0. The molecule has 2 heterocycles. The fraction of sp³-hybridized carbons (Fsp3) is 0.429. The van der Waals surface area contributed by atoms with Crippen LogP contribution < -0.4 is 5.32 Å². The summed E-state index contributed by atoms with van der Waals surface area (Å²) >= 11 is 6.04. The molecule has 1 aromatic heterocycles. The third-order valence-corrected chi connectivity index (χ3v) is 4.14. The van der Waals surface area contributed by atoms with Crippen molar-refractivity contribution < 1.29 is 9.84 Å². The van der Waals surface area contributed by atoms with Crippen molar-refractivity contribution in [2.24, 2.45) is 0 Å². The van der Waals surface area contributed by atoms with Gasteiger partial charge in [0.25, 0.3) is 0 Å². The van der Waals surface area contributed by atoms with Crippen LogP contribution in [0.1, 0.15) is 13.3 Å². The Kier molecular flexibility index (Phi) is 3.50. The van der Waals surface area contributed by atoms with E-state index in [0.29, 0.717) is 30.5 Å². The molecule has 0 radical (unpaired) electrons. The number of hydrogen-bond donors (Lipinski definition) is 2. The molecule has 1 saturated heterocycles. The van der Waals surface area contributed by atoms with Gasteiger partial charge in [0.05, 0.1) is 6.10 Å². The van der Waals surface area contributed by atoms with Crippen LogP contribution in [-0.4, -0.2) is 40.2 Å². The molecular weight excluding hydrogens is 278 g/mol. The maximum Gasteiger partial charge on any atom is 0.159 e. The van der Waals surface area contributed by atoms with Crippen LogP contribution in [0.15, 0.2) is 24.3 Å². The highest BCUT2D eigenvalue weighted by Crippen LogP contribution is 2.29. The quantitative estimate of drug-likeness (QED) is 0.908. The Labute approximate surface area is 121 Å². The summed E-state index contributed by atoms with van der Waals surface area (Å²) in [5.41, 5.74) is -0.873. The second-order valence-electron chi connectivity index (χ2n) is 5.11. The molecular formula is C14H16ClN3O2. The van der Waals surface area contributed by atoms with Crippen molar-refractivity contribution in [3.8, 4) is 0 Å². The minimum atomic E-state index is -0.873. The van der Waals surface area contributed by atoms with Gasteiger partial charge in [-0.15, -0.1) is 10.2 Å². The zero-order valence-electron chi connectivity index (χ0n) is 11.1. The molecule has 106 valence electrons. The highest BCUT2D eigenvalue weighted by molar-refractivity contribution is 6.34. The number of anilines is 1. The number of benzene rings is 1. The van der Waals surface area contributed by atoms with Crippen LogP contribution in [0.4, 0.5) is 5.82 Å². The standard InChI is InChI=1S/C14H16ClN3O2/c1-9-14(19,6-7-20-9)8-16-13-11-5-3-2-4-10(11)12(15)17-18-13/h2-5,9,19H,6-8H2,1H3,(H,16,18). The molecule has 1 aliphatic heterocycles. The van der Waals surface area contributed by atoms with Crippen LogP contribution >= 0.6 is 11.6 Å². The van der Waals surface area contributed by atoms with E-state index in [1.165, 1.54) is 0 Å². The summed E-state index contributed by atoms with van der Waals surface area (Å²) in [4.78, 5) is 0. The first-order chi connectivity index (χ1) is 9.60. The van der Waals surface area contributed by atoms with E-state index in [4.69, 9.17) is 16.3 Å². The fourth-order valence-electron chi connectivity index (χ4n) is 2.44. The first kappa shape index (κ1) is 13.5. The molecule has 1 aliphatic rings. The SMILES string of the molecule is CC1OCCC1(O)CNc1nnc(Cl)c2ccccc12. The molecule has 0 bridgehead atoms. The number of hydrogen-bond acceptors (Lipinski definition) is 5. The Morgan fingerprint density at radius 2 is 2.15 bits per heavy atom. The average Bonchev–Trinajstić information content (AvgIpc) is 2.79. The smallest absolute Gasteiger partial charge is 0.159 e. The summed E-state index contributed by atoms with van der Waals surface area (Å²) in [5, 5.41) is 23.8. The number of halogens is 1. The monoisotopic (exact) mass is 293 g/mol. The summed E-state index contributed by atoms with van der Waals surface area (Å²) < 4.78 is 5.42. The maximum absolute atomic E-state index is 10.5. The van der Waals surface area contributed by atoms with Gasteiger partial charge in [0.2, 0.25) is 0 Å². The molecule has 2 unspecified atom stereocenters. The average molecular weight is 294 g/mol. The molecule has 2 atom stereocenters. The van der Waals surface area contributed by atoms with Crippen molar-refractivity contribution in [3.63, 3.8) is 0 Å². The third kappa shape index (κ3) is 2.32. The largest absolute Gasteiger partial charge is 0.385 e. The first-order valence-electron chi connectivity index (χ1n) is 6.59. The normalized spacial score (nSPS) is 26.1. The van der Waals surface area contributed by atoms with E-state index in [0.717, 1.165) is 10.8 Å². The van der Waals surface area contributed by atoms with Crippen molar-refractivity contribution in [1.29, 1.82) is 0 Å². The highest BCUT2D eigenvalue weighted by atomic mass is 35.5. The maximum atomic E-state index is 10.5. The van der Waals surface area contributed by atoms with E-state index >= 15 is 0 Å². The van der Waals surface area contributed by atoms with Gasteiger partial charge in [-0.1, -0.05) is 35.9 Å². The Balaban J connectivity index is 1.87. The number of nitrogens with zero attached hydrogens (tertiary/aromatic N) is 2. The van der Waals surface area contributed by atoms with Crippen LogP contribution in [0.3, 0.4) is 0 Å². The number of nitrogens with one attached hydrogen (secondary N) is 1. The third-order valence-electron chi connectivity index (χ3n) is 3.86. The molecule has 0 saturated carbocycles.